The van der Waals surface area contributed by atoms with Crippen molar-refractivity contribution in [1.29, 1.82) is 0 Å². The third kappa shape index (κ3) is 5.86. The first-order chi connectivity index (χ1) is 10.3. The van der Waals surface area contributed by atoms with Crippen LogP contribution in [0.2, 0.25) is 0 Å². The van der Waals surface area contributed by atoms with Gasteiger partial charge in [0.05, 0.1) is 28.4 Å². The van der Waals surface area contributed by atoms with Crippen molar-refractivity contribution >= 4 is 21.6 Å². The van der Waals surface area contributed by atoms with Crippen LogP contribution >= 0.6 is 11.3 Å². The largest absolute Gasteiger partial charge is 0.411 e. The summed E-state index contributed by atoms with van der Waals surface area (Å²) in [5.41, 5.74) is 2.24. The molecule has 3 nitrogen and oxygen atoms in total. The van der Waals surface area contributed by atoms with Gasteiger partial charge in [0.25, 0.3) is 0 Å². The summed E-state index contributed by atoms with van der Waals surface area (Å²) in [6.07, 6.45) is 0. The molecule has 0 aliphatic rings. The van der Waals surface area contributed by atoms with Crippen molar-refractivity contribution in [2.75, 3.05) is 19.8 Å². The molecule has 22 heavy (non-hydrogen) atoms. The molecule has 1 N–H and O–H groups in total. The molecule has 0 atom stereocenters. The minimum Gasteiger partial charge on any atom is -0.411 e. The molecular formula is C17H17NO2SY-2. The zero-order valence-electron chi connectivity index (χ0n) is 12.2. The van der Waals surface area contributed by atoms with E-state index in [9.17, 15) is 0 Å². The molecule has 3 rings (SSSR count). The van der Waals surface area contributed by atoms with Crippen LogP contribution in [-0.4, -0.2) is 29.9 Å². The van der Waals surface area contributed by atoms with E-state index in [0.717, 1.165) is 16.1 Å². The molecule has 2 aromatic carbocycles. The Hall–Kier alpha value is -0.646. The fraction of sp³-hybridized carbons (Fsp3) is 0.176. The number of benzene rings is 2. The van der Waals surface area contributed by atoms with E-state index in [1.807, 2.05) is 42.5 Å². The van der Waals surface area contributed by atoms with Crippen molar-refractivity contribution in [3.05, 3.63) is 61.5 Å². The van der Waals surface area contributed by atoms with Crippen LogP contribution in [0.3, 0.4) is 0 Å². The molecule has 5 heteroatoms. The second-order valence-electron chi connectivity index (χ2n) is 4.11. The molecule has 1 radical (unpaired) electrons. The number of ether oxygens (including phenoxy) is 1. The van der Waals surface area contributed by atoms with Crippen molar-refractivity contribution in [3.8, 4) is 10.6 Å². The van der Waals surface area contributed by atoms with Crippen LogP contribution in [0.25, 0.3) is 20.8 Å². The van der Waals surface area contributed by atoms with Gasteiger partial charge in [0, 0.05) is 32.7 Å². The van der Waals surface area contributed by atoms with E-state index >= 15 is 0 Å². The number of hydrogen-bond acceptors (Lipinski definition) is 4. The normalized spacial score (nSPS) is 9.73. The zero-order chi connectivity index (χ0) is 14.9. The second kappa shape index (κ2) is 11.0. The first-order valence-electron chi connectivity index (χ1n) is 6.65. The number of fused-ring (bicyclic) bond motifs is 1. The molecule has 0 fully saturated rings. The molecule has 113 valence electrons. The Morgan fingerprint density at radius 3 is 2.50 bits per heavy atom. The smallest absolute Gasteiger partial charge is 0.0999 e. The van der Waals surface area contributed by atoms with E-state index in [0.29, 0.717) is 13.2 Å². The van der Waals surface area contributed by atoms with Crippen molar-refractivity contribution in [3.63, 3.8) is 0 Å². The molecule has 0 saturated carbocycles. The molecule has 3 aromatic rings. The number of thiazole rings is 1. The summed E-state index contributed by atoms with van der Waals surface area (Å²) in [5.74, 6) is 0. The summed E-state index contributed by atoms with van der Waals surface area (Å²) < 4.78 is 5.86. The number of nitrogens with zero attached hydrogens (tertiary/aromatic N) is 1. The molecule has 0 aliphatic heterocycles. The van der Waals surface area contributed by atoms with Gasteiger partial charge in [-0.3, -0.25) is 0 Å². The summed E-state index contributed by atoms with van der Waals surface area (Å²) in [7, 11) is 0. The zero-order valence-corrected chi connectivity index (χ0v) is 15.9. The van der Waals surface area contributed by atoms with Gasteiger partial charge in [-0.1, -0.05) is 24.3 Å². The third-order valence-electron chi connectivity index (χ3n) is 2.64. The average Bonchev–Trinajstić information content (AvgIpc) is 2.98. The van der Waals surface area contributed by atoms with Crippen LogP contribution < -0.4 is 0 Å². The van der Waals surface area contributed by atoms with E-state index in [1.54, 1.807) is 11.3 Å². The van der Waals surface area contributed by atoms with Crippen LogP contribution in [0.15, 0.2) is 48.5 Å². The number of para-hydroxylation sites is 1. The Labute approximate surface area is 160 Å². The van der Waals surface area contributed by atoms with Crippen molar-refractivity contribution in [2.24, 2.45) is 0 Å². The maximum atomic E-state index is 8.04. The van der Waals surface area contributed by atoms with Gasteiger partial charge in [0.2, 0.25) is 0 Å². The molecular weight excluding hydrogens is 371 g/mol. The first-order valence-corrected chi connectivity index (χ1v) is 7.46. The molecule has 0 amide bonds. The van der Waals surface area contributed by atoms with Crippen molar-refractivity contribution < 1.29 is 42.6 Å². The van der Waals surface area contributed by atoms with Gasteiger partial charge < -0.3 is 16.8 Å². The number of rotatable bonds is 4. The quantitative estimate of drug-likeness (QED) is 0.549. The Morgan fingerprint density at radius 2 is 1.91 bits per heavy atom. The molecule has 1 aromatic heterocycles. The van der Waals surface area contributed by atoms with Gasteiger partial charge >= 0.3 is 0 Å². The molecule has 0 bridgehead atoms. The summed E-state index contributed by atoms with van der Waals surface area (Å²) >= 11 is 1.73. The molecule has 0 spiro atoms. The minimum atomic E-state index is 0. The Kier molecular flexibility index (Phi) is 9.68. The van der Waals surface area contributed by atoms with Gasteiger partial charge in [0.1, 0.15) is 0 Å². The average molecular weight is 388 g/mol. The van der Waals surface area contributed by atoms with Crippen LogP contribution in [0.1, 0.15) is 0 Å². The van der Waals surface area contributed by atoms with E-state index < -0.39 is 0 Å². The summed E-state index contributed by atoms with van der Waals surface area (Å²) in [6.45, 7) is 4.33. The van der Waals surface area contributed by atoms with Gasteiger partial charge in [-0.15, -0.1) is 11.3 Å². The Bertz CT molecular complexity index is 621. The predicted molar refractivity (Wildman–Crippen MR) is 87.2 cm³/mol. The van der Waals surface area contributed by atoms with Crippen LogP contribution in [0.4, 0.5) is 0 Å². The van der Waals surface area contributed by atoms with Crippen LogP contribution in [-0.2, 0) is 37.4 Å². The first kappa shape index (κ1) is 19.4. The Balaban J connectivity index is 0.000000302. The molecule has 0 unspecified atom stereocenters. The number of aromatic nitrogens is 1. The van der Waals surface area contributed by atoms with Crippen molar-refractivity contribution in [2.45, 2.75) is 0 Å². The topological polar surface area (TPSA) is 42.4 Å². The van der Waals surface area contributed by atoms with E-state index in [-0.39, 0.29) is 39.3 Å². The fourth-order valence-electron chi connectivity index (χ4n) is 1.69. The SMILES string of the molecule is [CH2-]COCCO.[Y].[c-]1ccc(-c2nc3ccccc3s2)cc1. The number of aliphatic hydroxyl groups is 1. The summed E-state index contributed by atoms with van der Waals surface area (Å²) in [6, 6.07) is 19.1. The summed E-state index contributed by atoms with van der Waals surface area (Å²) in [4.78, 5) is 4.59. The monoisotopic (exact) mass is 388 g/mol. The summed E-state index contributed by atoms with van der Waals surface area (Å²) in [5, 5.41) is 9.12. The van der Waals surface area contributed by atoms with Crippen molar-refractivity contribution in [1.82, 2.24) is 4.98 Å². The van der Waals surface area contributed by atoms with Gasteiger partial charge in [-0.05, 0) is 12.1 Å². The maximum absolute atomic E-state index is 8.04. The van der Waals surface area contributed by atoms with Gasteiger partial charge in [-0.2, -0.15) is 30.3 Å². The van der Waals surface area contributed by atoms with E-state index in [4.69, 9.17) is 5.11 Å². The maximum Gasteiger partial charge on any atom is 0.0999 e. The van der Waals surface area contributed by atoms with E-state index in [1.165, 1.54) is 4.70 Å². The van der Waals surface area contributed by atoms with Gasteiger partial charge in [0.15, 0.2) is 0 Å². The standard InChI is InChI=1S/C13H8NS.C4H9O2.Y/c1-2-6-10(7-3-1)13-14-11-8-4-5-9-12(11)15-13;1-2-6-4-3-5;/h2-9H;5H,1-4H2;/q2*-1;. The minimum absolute atomic E-state index is 0. The fourth-order valence-corrected chi connectivity index (χ4v) is 2.66. The third-order valence-corrected chi connectivity index (χ3v) is 3.72. The number of hydrogen-bond donors (Lipinski definition) is 1. The molecule has 0 aliphatic carbocycles. The van der Waals surface area contributed by atoms with Crippen LogP contribution in [0, 0.1) is 13.0 Å². The second-order valence-corrected chi connectivity index (χ2v) is 5.14. The number of aliphatic hydroxyl groups excluding tert-OH is 1. The van der Waals surface area contributed by atoms with Gasteiger partial charge in [-0.25, -0.2) is 4.98 Å². The predicted octanol–water partition coefficient (Wildman–Crippen LogP) is 3.59. The van der Waals surface area contributed by atoms with E-state index in [2.05, 4.69) is 28.8 Å². The Morgan fingerprint density at radius 1 is 1.18 bits per heavy atom. The molecule has 0 saturated heterocycles. The van der Waals surface area contributed by atoms with Crippen LogP contribution in [0.5, 0.6) is 0 Å². The molecule has 1 heterocycles.